The number of aliphatic hydroxyl groups excluding tert-OH is 1. The summed E-state index contributed by atoms with van der Waals surface area (Å²) in [6, 6.07) is 3.12. The van der Waals surface area contributed by atoms with Gasteiger partial charge in [0.2, 0.25) is 0 Å². The van der Waals surface area contributed by atoms with Gasteiger partial charge in [0.1, 0.15) is 11.3 Å². The van der Waals surface area contributed by atoms with E-state index in [4.69, 9.17) is 4.74 Å². The Kier molecular flexibility index (Phi) is 4.81. The topological polar surface area (TPSA) is 117 Å². The number of rotatable bonds is 4. The molecule has 0 bridgehead atoms. The molecule has 2 aromatic heterocycles. The number of hydrogen-bond donors (Lipinski definition) is 3. The van der Waals surface area contributed by atoms with Crippen molar-refractivity contribution in [2.45, 2.75) is 18.6 Å². The second kappa shape index (κ2) is 7.03. The summed E-state index contributed by atoms with van der Waals surface area (Å²) in [6.45, 7) is 0.243. The van der Waals surface area contributed by atoms with Gasteiger partial charge in [0.25, 0.3) is 17.9 Å². The second-order valence-corrected chi connectivity index (χ2v) is 5.45. The van der Waals surface area contributed by atoms with Gasteiger partial charge in [0.15, 0.2) is 0 Å². The van der Waals surface area contributed by atoms with E-state index in [1.54, 1.807) is 0 Å². The Hall–Kier alpha value is -2.72. The minimum Gasteiger partial charge on any atom is -0.388 e. The molecule has 0 saturated carbocycles. The third-order valence-corrected chi connectivity index (χ3v) is 3.72. The molecule has 3 N–H and O–H groups in total. The van der Waals surface area contributed by atoms with E-state index in [0.29, 0.717) is 5.56 Å². The zero-order chi connectivity index (χ0) is 18.0. The lowest BCUT2D eigenvalue weighted by atomic mass is 10.1. The molecule has 0 radical (unpaired) electrons. The molecule has 1 fully saturated rings. The maximum Gasteiger partial charge on any atom is 0.280 e. The molecule has 0 aromatic carbocycles. The van der Waals surface area contributed by atoms with Gasteiger partial charge in [-0.15, -0.1) is 0 Å². The van der Waals surface area contributed by atoms with Crippen molar-refractivity contribution < 1.29 is 23.4 Å². The van der Waals surface area contributed by atoms with Gasteiger partial charge >= 0.3 is 0 Å². The van der Waals surface area contributed by atoms with Crippen LogP contribution in [0.25, 0.3) is 11.3 Å². The summed E-state index contributed by atoms with van der Waals surface area (Å²) in [4.78, 5) is 27.7. The van der Waals surface area contributed by atoms with Crippen LogP contribution in [0.15, 0.2) is 29.2 Å². The number of carbonyl (C=O) groups is 1. The van der Waals surface area contributed by atoms with Gasteiger partial charge in [-0.25, -0.2) is 13.9 Å². The molecule has 2 aromatic rings. The summed E-state index contributed by atoms with van der Waals surface area (Å²) >= 11 is 0. The molecular weight excluding hydrogens is 338 g/mol. The highest BCUT2D eigenvalue weighted by molar-refractivity contribution is 5.94. The Morgan fingerprint density at radius 3 is 2.80 bits per heavy atom. The molecule has 0 spiro atoms. The lowest BCUT2D eigenvalue weighted by molar-refractivity contribution is 0.0884. The maximum absolute atomic E-state index is 12.5. The SMILES string of the molecule is O=C(N[C@@H]1COC[C@@H]1O)c1cc(-c2ccc(C(F)F)nc2)n[nH]c1=O. The highest BCUT2D eigenvalue weighted by atomic mass is 19.3. The fraction of sp³-hybridized carbons (Fsp3) is 0.333. The van der Waals surface area contributed by atoms with Crippen LogP contribution in [0, 0.1) is 0 Å². The predicted octanol–water partition coefficient (Wildman–Crippen LogP) is 0.259. The molecule has 1 amide bonds. The minimum atomic E-state index is -2.70. The van der Waals surface area contributed by atoms with Crippen molar-refractivity contribution >= 4 is 5.91 Å². The van der Waals surface area contributed by atoms with E-state index in [1.165, 1.54) is 18.3 Å². The average Bonchev–Trinajstić information content (AvgIpc) is 3.00. The summed E-state index contributed by atoms with van der Waals surface area (Å²) in [5.41, 5.74) is -0.768. The van der Waals surface area contributed by atoms with E-state index >= 15 is 0 Å². The number of nitrogens with zero attached hydrogens (tertiary/aromatic N) is 2. The highest BCUT2D eigenvalue weighted by Gasteiger charge is 2.28. The van der Waals surface area contributed by atoms with Crippen molar-refractivity contribution in [1.82, 2.24) is 20.5 Å². The van der Waals surface area contributed by atoms with Crippen molar-refractivity contribution in [3.05, 3.63) is 46.0 Å². The Balaban J connectivity index is 1.84. The fourth-order valence-electron chi connectivity index (χ4n) is 2.34. The van der Waals surface area contributed by atoms with Crippen LogP contribution >= 0.6 is 0 Å². The first-order valence-electron chi connectivity index (χ1n) is 7.36. The monoisotopic (exact) mass is 352 g/mol. The first kappa shape index (κ1) is 17.1. The first-order valence-corrected chi connectivity index (χ1v) is 7.36. The highest BCUT2D eigenvalue weighted by Crippen LogP contribution is 2.20. The molecule has 132 valence electrons. The standard InChI is InChI=1S/C15H14F2N4O4/c16-13(17)9-2-1-7(4-18-9)10-3-8(15(24)21-20-10)14(23)19-11-5-25-6-12(11)22/h1-4,11-13,22H,5-6H2,(H,19,23)(H,21,24)/t11-,12+/m1/s1. The van der Waals surface area contributed by atoms with Gasteiger partial charge in [-0.05, 0) is 18.2 Å². The number of halogens is 2. The lowest BCUT2D eigenvalue weighted by Crippen LogP contribution is -2.44. The van der Waals surface area contributed by atoms with E-state index in [-0.39, 0.29) is 30.2 Å². The van der Waals surface area contributed by atoms with Crippen LogP contribution in [-0.2, 0) is 4.74 Å². The quantitative estimate of drug-likeness (QED) is 0.727. The number of ether oxygens (including phenoxy) is 1. The molecule has 1 saturated heterocycles. The first-order chi connectivity index (χ1) is 12.0. The van der Waals surface area contributed by atoms with Gasteiger partial charge in [0.05, 0.1) is 31.1 Å². The number of aromatic nitrogens is 3. The summed E-state index contributed by atoms with van der Waals surface area (Å²) < 4.78 is 30.1. The number of amides is 1. The van der Waals surface area contributed by atoms with Crippen molar-refractivity contribution in [3.63, 3.8) is 0 Å². The van der Waals surface area contributed by atoms with Crippen LogP contribution in [-0.4, -0.2) is 51.6 Å². The molecule has 1 aliphatic heterocycles. The number of H-pyrrole nitrogens is 1. The molecule has 1 aliphatic rings. The van der Waals surface area contributed by atoms with E-state index < -0.39 is 30.0 Å². The zero-order valence-electron chi connectivity index (χ0n) is 12.8. The van der Waals surface area contributed by atoms with Gasteiger partial charge < -0.3 is 15.2 Å². The number of aromatic amines is 1. The fourth-order valence-corrected chi connectivity index (χ4v) is 2.34. The van der Waals surface area contributed by atoms with E-state index in [0.717, 1.165) is 6.07 Å². The normalized spacial score (nSPS) is 20.0. The Labute approximate surface area is 139 Å². The number of nitrogens with one attached hydrogen (secondary N) is 2. The van der Waals surface area contributed by atoms with Crippen LogP contribution in [0.1, 0.15) is 22.5 Å². The van der Waals surface area contributed by atoms with Crippen LogP contribution in [0.2, 0.25) is 0 Å². The molecule has 8 nitrogen and oxygen atoms in total. The molecule has 25 heavy (non-hydrogen) atoms. The van der Waals surface area contributed by atoms with Crippen molar-refractivity contribution in [2.24, 2.45) is 0 Å². The summed E-state index contributed by atoms with van der Waals surface area (Å²) in [6.07, 6.45) is -2.37. The van der Waals surface area contributed by atoms with E-state index in [1.807, 2.05) is 0 Å². The van der Waals surface area contributed by atoms with Gasteiger partial charge in [0, 0.05) is 11.8 Å². The van der Waals surface area contributed by atoms with Crippen LogP contribution in [0.3, 0.4) is 0 Å². The number of pyridine rings is 1. The molecule has 0 unspecified atom stereocenters. The predicted molar refractivity (Wildman–Crippen MR) is 81.1 cm³/mol. The third kappa shape index (κ3) is 3.69. The number of carbonyl (C=O) groups excluding carboxylic acids is 1. The minimum absolute atomic E-state index is 0.102. The molecule has 10 heteroatoms. The van der Waals surface area contributed by atoms with Crippen LogP contribution in [0.4, 0.5) is 8.78 Å². The third-order valence-electron chi connectivity index (χ3n) is 3.72. The van der Waals surface area contributed by atoms with Crippen molar-refractivity contribution in [3.8, 4) is 11.3 Å². The summed E-state index contributed by atoms with van der Waals surface area (Å²) in [5.74, 6) is -0.698. The molecule has 2 atom stereocenters. The number of alkyl halides is 2. The van der Waals surface area contributed by atoms with Gasteiger partial charge in [-0.3, -0.25) is 14.6 Å². The van der Waals surface area contributed by atoms with E-state index in [2.05, 4.69) is 20.5 Å². The Morgan fingerprint density at radius 2 is 2.20 bits per heavy atom. The Morgan fingerprint density at radius 1 is 1.40 bits per heavy atom. The van der Waals surface area contributed by atoms with Crippen molar-refractivity contribution in [1.29, 1.82) is 0 Å². The van der Waals surface area contributed by atoms with Gasteiger partial charge in [-0.1, -0.05) is 0 Å². The lowest BCUT2D eigenvalue weighted by Gasteiger charge is -2.14. The molecule has 0 aliphatic carbocycles. The van der Waals surface area contributed by atoms with Crippen molar-refractivity contribution in [2.75, 3.05) is 13.2 Å². The van der Waals surface area contributed by atoms with E-state index in [9.17, 15) is 23.5 Å². The smallest absolute Gasteiger partial charge is 0.280 e. The average molecular weight is 352 g/mol. The van der Waals surface area contributed by atoms with Gasteiger partial charge in [-0.2, -0.15) is 5.10 Å². The second-order valence-electron chi connectivity index (χ2n) is 5.45. The number of aliphatic hydroxyl groups is 1. The maximum atomic E-state index is 12.5. The van der Waals surface area contributed by atoms with Crippen LogP contribution in [0.5, 0.6) is 0 Å². The Bertz CT molecular complexity index is 825. The summed E-state index contributed by atoms with van der Waals surface area (Å²) in [5, 5.41) is 18.1. The molecule has 3 heterocycles. The largest absolute Gasteiger partial charge is 0.388 e. The number of hydrogen-bond acceptors (Lipinski definition) is 6. The summed E-state index contributed by atoms with van der Waals surface area (Å²) in [7, 11) is 0. The molecular formula is C15H14F2N4O4. The zero-order valence-corrected chi connectivity index (χ0v) is 12.8. The van der Waals surface area contributed by atoms with Crippen LogP contribution < -0.4 is 10.9 Å². The molecule has 3 rings (SSSR count).